The van der Waals surface area contributed by atoms with E-state index < -0.39 is 16.8 Å². The molecule has 1 aliphatic rings. The summed E-state index contributed by atoms with van der Waals surface area (Å²) in [4.78, 5) is 34.3. The second-order valence-corrected chi connectivity index (χ2v) is 6.81. The fraction of sp³-hybridized carbons (Fsp3) is 0.211. The topological polar surface area (TPSA) is 87.3 Å². The number of imide groups is 1. The Kier molecular flexibility index (Phi) is 4.99. The lowest BCUT2D eigenvalue weighted by Gasteiger charge is -2.20. The highest BCUT2D eigenvalue weighted by molar-refractivity contribution is 7.82. The van der Waals surface area contributed by atoms with Gasteiger partial charge in [0.2, 0.25) is 0 Å². The Morgan fingerprint density at radius 1 is 1.12 bits per heavy atom. The number of thiol groups is 1. The molecule has 134 valence electrons. The Bertz CT molecular complexity index is 867. The summed E-state index contributed by atoms with van der Waals surface area (Å²) in [6, 6.07) is 14.6. The minimum atomic E-state index is -1.45. The second-order valence-electron chi connectivity index (χ2n) is 6.05. The van der Waals surface area contributed by atoms with Crippen molar-refractivity contribution in [3.05, 3.63) is 59.7 Å². The fourth-order valence-electron chi connectivity index (χ4n) is 2.76. The van der Waals surface area contributed by atoms with E-state index in [0.717, 1.165) is 17.5 Å². The average molecular weight is 369 g/mol. The van der Waals surface area contributed by atoms with Gasteiger partial charge in [-0.1, -0.05) is 49.4 Å². The van der Waals surface area contributed by atoms with Crippen LogP contribution in [0, 0.1) is 0 Å². The summed E-state index contributed by atoms with van der Waals surface area (Å²) in [5, 5.41) is 7.17. The maximum atomic E-state index is 12.7. The molecule has 1 heterocycles. The highest BCUT2D eigenvalue weighted by Crippen LogP contribution is 2.24. The van der Waals surface area contributed by atoms with E-state index >= 15 is 0 Å². The Hall–Kier alpha value is -2.80. The minimum Gasteiger partial charge on any atom is -0.348 e. The van der Waals surface area contributed by atoms with E-state index in [1.807, 2.05) is 36.4 Å². The zero-order valence-electron chi connectivity index (χ0n) is 14.2. The van der Waals surface area contributed by atoms with Crippen molar-refractivity contribution in [3.63, 3.8) is 0 Å². The molecule has 1 fully saturated rings. The predicted octanol–water partition coefficient (Wildman–Crippen LogP) is 2.11. The van der Waals surface area contributed by atoms with E-state index in [1.165, 1.54) is 5.56 Å². The number of carbonyl (C=O) groups excluding carboxylic acids is 3. The summed E-state index contributed by atoms with van der Waals surface area (Å²) in [6.45, 7) is 1.96. The molecule has 0 aliphatic carbocycles. The molecule has 0 unspecified atom stereocenters. The number of aryl methyl sites for hydroxylation is 1. The second kappa shape index (κ2) is 7.21. The van der Waals surface area contributed by atoms with Crippen molar-refractivity contribution in [2.75, 3.05) is 6.54 Å². The summed E-state index contributed by atoms with van der Waals surface area (Å²) in [5.74, 6) is -0.933. The summed E-state index contributed by atoms with van der Waals surface area (Å²) in [5.41, 5.74) is 3.43. The molecule has 1 aliphatic heterocycles. The molecule has 0 bridgehead atoms. The van der Waals surface area contributed by atoms with E-state index in [1.54, 1.807) is 12.1 Å². The number of urea groups is 1. The summed E-state index contributed by atoms with van der Waals surface area (Å²) >= 11 is 4.18. The maximum absolute atomic E-state index is 12.7. The van der Waals surface area contributed by atoms with E-state index in [0.29, 0.717) is 5.56 Å². The number of nitrogens with one attached hydrogen (secondary N) is 3. The van der Waals surface area contributed by atoms with Gasteiger partial charge < -0.3 is 10.6 Å². The molecular weight excluding hydrogens is 350 g/mol. The van der Waals surface area contributed by atoms with E-state index in [9.17, 15) is 14.4 Å². The lowest BCUT2D eigenvalue weighted by atomic mass is 9.98. The first-order valence-electron chi connectivity index (χ1n) is 8.25. The normalized spacial score (nSPS) is 19.0. The van der Waals surface area contributed by atoms with Gasteiger partial charge in [-0.3, -0.25) is 14.9 Å². The third-order valence-electron chi connectivity index (χ3n) is 4.27. The van der Waals surface area contributed by atoms with Gasteiger partial charge in [-0.05, 0) is 29.2 Å². The molecule has 3 rings (SSSR count). The van der Waals surface area contributed by atoms with Gasteiger partial charge in [-0.15, -0.1) is 12.6 Å². The lowest BCUT2D eigenvalue weighted by Crippen LogP contribution is -2.50. The average Bonchev–Trinajstić information content (AvgIpc) is 2.92. The standard InChI is InChI=1S/C19H19N3O3S/c1-2-12-7-9-13(10-8-12)14-5-3-4-6-15(14)16(23)20-11-19(26)17(24)21-18(25)22-19/h3-10,26H,2,11H2,1H3,(H,20,23)(H2,21,22,24,25)/t19-/m0/s1. The third-order valence-corrected chi connectivity index (χ3v) is 4.75. The van der Waals surface area contributed by atoms with Crippen LogP contribution in [0.1, 0.15) is 22.8 Å². The molecule has 3 N–H and O–H groups in total. The van der Waals surface area contributed by atoms with Crippen molar-refractivity contribution >= 4 is 30.5 Å². The van der Waals surface area contributed by atoms with Crippen LogP contribution in [-0.4, -0.2) is 29.3 Å². The smallest absolute Gasteiger partial charge is 0.323 e. The highest BCUT2D eigenvalue weighted by atomic mass is 32.1. The quantitative estimate of drug-likeness (QED) is 0.481. The van der Waals surface area contributed by atoms with Crippen molar-refractivity contribution < 1.29 is 14.4 Å². The van der Waals surface area contributed by atoms with Crippen molar-refractivity contribution in [1.82, 2.24) is 16.0 Å². The van der Waals surface area contributed by atoms with Gasteiger partial charge in [0.05, 0.1) is 6.54 Å². The molecular formula is C19H19N3O3S. The maximum Gasteiger partial charge on any atom is 0.323 e. The predicted molar refractivity (Wildman–Crippen MR) is 102 cm³/mol. The molecule has 1 saturated heterocycles. The van der Waals surface area contributed by atoms with Crippen LogP contribution in [0.4, 0.5) is 4.79 Å². The van der Waals surface area contributed by atoms with E-state index in [2.05, 4.69) is 35.5 Å². The number of benzene rings is 2. The first kappa shape index (κ1) is 18.0. The van der Waals surface area contributed by atoms with E-state index in [-0.39, 0.29) is 12.5 Å². The van der Waals surface area contributed by atoms with Crippen LogP contribution in [0.3, 0.4) is 0 Å². The molecule has 0 radical (unpaired) electrons. The number of carbonyl (C=O) groups is 3. The largest absolute Gasteiger partial charge is 0.348 e. The Balaban J connectivity index is 1.80. The van der Waals surface area contributed by atoms with Crippen LogP contribution in [-0.2, 0) is 11.2 Å². The zero-order valence-corrected chi connectivity index (χ0v) is 15.1. The molecule has 0 aromatic heterocycles. The van der Waals surface area contributed by atoms with Gasteiger partial charge >= 0.3 is 6.03 Å². The molecule has 0 spiro atoms. The number of hydrogen-bond acceptors (Lipinski definition) is 4. The monoisotopic (exact) mass is 369 g/mol. The number of hydrogen-bond donors (Lipinski definition) is 4. The van der Waals surface area contributed by atoms with Crippen LogP contribution < -0.4 is 16.0 Å². The van der Waals surface area contributed by atoms with Gasteiger partial charge in [0, 0.05) is 5.56 Å². The van der Waals surface area contributed by atoms with Crippen LogP contribution >= 0.6 is 12.6 Å². The Morgan fingerprint density at radius 2 is 1.81 bits per heavy atom. The summed E-state index contributed by atoms with van der Waals surface area (Å²) in [6.07, 6.45) is 0.945. The van der Waals surface area contributed by atoms with Crippen LogP contribution in [0.2, 0.25) is 0 Å². The van der Waals surface area contributed by atoms with Crippen molar-refractivity contribution in [3.8, 4) is 11.1 Å². The van der Waals surface area contributed by atoms with Gasteiger partial charge in [0.15, 0.2) is 4.87 Å². The molecule has 2 aromatic carbocycles. The van der Waals surface area contributed by atoms with Crippen molar-refractivity contribution in [1.29, 1.82) is 0 Å². The number of amides is 4. The van der Waals surface area contributed by atoms with Crippen LogP contribution in [0.5, 0.6) is 0 Å². The highest BCUT2D eigenvalue weighted by Gasteiger charge is 2.43. The SMILES string of the molecule is CCc1ccc(-c2ccccc2C(=O)NC[C@@]2(S)NC(=O)NC2=O)cc1. The van der Waals surface area contributed by atoms with Crippen molar-refractivity contribution in [2.24, 2.45) is 0 Å². The molecule has 4 amide bonds. The summed E-state index contributed by atoms with van der Waals surface area (Å²) < 4.78 is 0. The zero-order chi connectivity index (χ0) is 18.7. The lowest BCUT2D eigenvalue weighted by molar-refractivity contribution is -0.120. The first-order valence-corrected chi connectivity index (χ1v) is 8.70. The van der Waals surface area contributed by atoms with Gasteiger partial charge in [-0.25, -0.2) is 4.79 Å². The molecule has 7 heteroatoms. The number of rotatable bonds is 5. The Morgan fingerprint density at radius 3 is 2.42 bits per heavy atom. The fourth-order valence-corrected chi connectivity index (χ4v) is 3.00. The van der Waals surface area contributed by atoms with E-state index in [4.69, 9.17) is 0 Å². The van der Waals surface area contributed by atoms with Gasteiger partial charge in [0.25, 0.3) is 11.8 Å². The molecule has 2 aromatic rings. The minimum absolute atomic E-state index is 0.129. The van der Waals surface area contributed by atoms with Crippen molar-refractivity contribution in [2.45, 2.75) is 18.2 Å². The molecule has 0 saturated carbocycles. The Labute approximate surface area is 156 Å². The van der Waals surface area contributed by atoms with Gasteiger partial charge in [-0.2, -0.15) is 0 Å². The van der Waals surface area contributed by atoms with Gasteiger partial charge in [0.1, 0.15) is 0 Å². The van der Waals surface area contributed by atoms with Crippen LogP contribution in [0.25, 0.3) is 11.1 Å². The first-order chi connectivity index (χ1) is 12.4. The third kappa shape index (κ3) is 3.57. The molecule has 26 heavy (non-hydrogen) atoms. The molecule has 6 nitrogen and oxygen atoms in total. The summed E-state index contributed by atoms with van der Waals surface area (Å²) in [7, 11) is 0. The molecule has 1 atom stereocenters. The van der Waals surface area contributed by atoms with Crippen LogP contribution in [0.15, 0.2) is 48.5 Å².